The molecule has 0 spiro atoms. The summed E-state index contributed by atoms with van der Waals surface area (Å²) >= 11 is 12.6. The molecule has 0 aliphatic rings. The molecule has 3 rings (SSSR count). The minimum atomic E-state index is 0.0950. The second-order valence-electron chi connectivity index (χ2n) is 7.31. The topological polar surface area (TPSA) is 47.3 Å². The van der Waals surface area contributed by atoms with Crippen molar-refractivity contribution in [1.82, 2.24) is 4.90 Å². The van der Waals surface area contributed by atoms with E-state index in [1.807, 2.05) is 48.5 Å². The third-order valence-electron chi connectivity index (χ3n) is 5.13. The molecule has 0 unspecified atom stereocenters. The molecule has 0 aliphatic carbocycles. The van der Waals surface area contributed by atoms with Crippen molar-refractivity contribution in [3.63, 3.8) is 0 Å². The smallest absolute Gasteiger partial charge is 0.0992 e. The van der Waals surface area contributed by atoms with Gasteiger partial charge >= 0.3 is 0 Å². The number of nitriles is 1. The number of hydrogen-bond donors (Lipinski definition) is 1. The number of aliphatic hydroxyl groups excluding tert-OH is 1. The van der Waals surface area contributed by atoms with Crippen LogP contribution in [0.3, 0.4) is 0 Å². The Kier molecular flexibility index (Phi) is 8.30. The van der Waals surface area contributed by atoms with Gasteiger partial charge in [-0.15, -0.1) is 0 Å². The van der Waals surface area contributed by atoms with Gasteiger partial charge in [0.2, 0.25) is 0 Å². The molecule has 3 aromatic carbocycles. The van der Waals surface area contributed by atoms with Gasteiger partial charge in [-0.25, -0.2) is 0 Å². The number of rotatable bonds is 9. The summed E-state index contributed by atoms with van der Waals surface area (Å²) in [6.45, 7) is 2.19. The predicted molar refractivity (Wildman–Crippen MR) is 123 cm³/mol. The van der Waals surface area contributed by atoms with E-state index < -0.39 is 0 Å². The third-order valence-corrected chi connectivity index (χ3v) is 5.74. The van der Waals surface area contributed by atoms with Gasteiger partial charge in [0.1, 0.15) is 0 Å². The van der Waals surface area contributed by atoms with Crippen molar-refractivity contribution in [2.45, 2.75) is 18.9 Å². The number of benzene rings is 3. The first-order valence-electron chi connectivity index (χ1n) is 9.90. The molecule has 0 fully saturated rings. The Morgan fingerprint density at radius 3 is 2.33 bits per heavy atom. The van der Waals surface area contributed by atoms with E-state index in [0.29, 0.717) is 22.2 Å². The molecule has 3 nitrogen and oxygen atoms in total. The van der Waals surface area contributed by atoms with Crippen LogP contribution in [0.15, 0.2) is 72.8 Å². The molecule has 1 N–H and O–H groups in total. The van der Waals surface area contributed by atoms with E-state index in [0.717, 1.165) is 30.6 Å². The molecule has 3 aromatic rings. The summed E-state index contributed by atoms with van der Waals surface area (Å²) in [5, 5.41) is 20.0. The average Bonchev–Trinajstić information content (AvgIpc) is 2.76. The van der Waals surface area contributed by atoms with Gasteiger partial charge in [-0.05, 0) is 47.4 Å². The standard InChI is InChI=1S/C25H24Cl2N2O/c26-24-10-8-21(9-11-24)23(15-22-7-6-20(16-28)14-25(22)27)18-29(12-13-30)17-19-4-2-1-3-5-19/h1-11,14,23,30H,12-13,15,17-18H2/t23-/m0/s1. The first-order valence-corrected chi connectivity index (χ1v) is 10.7. The highest BCUT2D eigenvalue weighted by atomic mass is 35.5. The Morgan fingerprint density at radius 1 is 0.967 bits per heavy atom. The fourth-order valence-corrected chi connectivity index (χ4v) is 3.98. The Labute approximate surface area is 188 Å². The Morgan fingerprint density at radius 2 is 1.70 bits per heavy atom. The summed E-state index contributed by atoms with van der Waals surface area (Å²) in [4.78, 5) is 2.26. The number of nitrogens with zero attached hydrogens (tertiary/aromatic N) is 2. The van der Waals surface area contributed by atoms with Gasteiger partial charge in [-0.3, -0.25) is 4.90 Å². The summed E-state index contributed by atoms with van der Waals surface area (Å²) in [6.07, 6.45) is 0.725. The maximum absolute atomic E-state index is 9.62. The van der Waals surface area contributed by atoms with Crippen LogP contribution in [0.5, 0.6) is 0 Å². The molecule has 0 radical (unpaired) electrons. The van der Waals surface area contributed by atoms with E-state index in [1.165, 1.54) is 5.56 Å². The normalized spacial score (nSPS) is 12.0. The van der Waals surface area contributed by atoms with Gasteiger partial charge in [0, 0.05) is 35.6 Å². The molecule has 0 saturated carbocycles. The molecular formula is C25H24Cl2N2O. The first-order chi connectivity index (χ1) is 14.6. The van der Waals surface area contributed by atoms with Crippen LogP contribution in [0.2, 0.25) is 10.0 Å². The number of halogens is 2. The fraction of sp³-hybridized carbons (Fsp3) is 0.240. The number of aliphatic hydroxyl groups is 1. The maximum Gasteiger partial charge on any atom is 0.0992 e. The lowest BCUT2D eigenvalue weighted by Gasteiger charge is -2.28. The van der Waals surface area contributed by atoms with Crippen molar-refractivity contribution >= 4 is 23.2 Å². The molecule has 0 aromatic heterocycles. The van der Waals surface area contributed by atoms with Crippen LogP contribution in [-0.4, -0.2) is 29.7 Å². The molecule has 0 aliphatic heterocycles. The molecule has 0 heterocycles. The van der Waals surface area contributed by atoms with Crippen molar-refractivity contribution in [1.29, 1.82) is 5.26 Å². The minimum Gasteiger partial charge on any atom is -0.395 e. The lowest BCUT2D eigenvalue weighted by atomic mass is 9.91. The Hall–Kier alpha value is -2.35. The number of hydrogen-bond acceptors (Lipinski definition) is 3. The minimum absolute atomic E-state index is 0.0950. The lowest BCUT2D eigenvalue weighted by molar-refractivity contribution is 0.181. The molecule has 154 valence electrons. The summed E-state index contributed by atoms with van der Waals surface area (Å²) in [7, 11) is 0. The van der Waals surface area contributed by atoms with Crippen LogP contribution in [0, 0.1) is 11.3 Å². The lowest BCUT2D eigenvalue weighted by Crippen LogP contribution is -2.31. The van der Waals surface area contributed by atoms with Crippen molar-refractivity contribution in [3.8, 4) is 6.07 Å². The van der Waals surface area contributed by atoms with E-state index in [9.17, 15) is 5.11 Å². The van der Waals surface area contributed by atoms with Gasteiger partial charge < -0.3 is 5.11 Å². The van der Waals surface area contributed by atoms with Gasteiger partial charge in [0.15, 0.2) is 0 Å². The molecule has 30 heavy (non-hydrogen) atoms. The largest absolute Gasteiger partial charge is 0.395 e. The predicted octanol–water partition coefficient (Wildman–Crippen LogP) is 5.69. The quantitative estimate of drug-likeness (QED) is 0.466. The zero-order valence-corrected chi connectivity index (χ0v) is 18.2. The van der Waals surface area contributed by atoms with Crippen molar-refractivity contribution in [2.24, 2.45) is 0 Å². The van der Waals surface area contributed by atoms with E-state index in [1.54, 1.807) is 12.1 Å². The Bertz CT molecular complexity index is 984. The highest BCUT2D eigenvalue weighted by Gasteiger charge is 2.19. The fourth-order valence-electron chi connectivity index (χ4n) is 3.60. The monoisotopic (exact) mass is 438 g/mol. The van der Waals surface area contributed by atoms with Crippen LogP contribution in [-0.2, 0) is 13.0 Å². The average molecular weight is 439 g/mol. The van der Waals surface area contributed by atoms with Crippen LogP contribution in [0.4, 0.5) is 0 Å². The van der Waals surface area contributed by atoms with Crippen molar-refractivity contribution < 1.29 is 5.11 Å². The first kappa shape index (κ1) is 22.3. The van der Waals surface area contributed by atoms with Gasteiger partial charge in [-0.1, -0.05) is 71.7 Å². The van der Waals surface area contributed by atoms with E-state index in [2.05, 4.69) is 23.1 Å². The summed E-state index contributed by atoms with van der Waals surface area (Å²) in [5.74, 6) is 0.156. The highest BCUT2D eigenvalue weighted by Crippen LogP contribution is 2.28. The van der Waals surface area contributed by atoms with Crippen LogP contribution < -0.4 is 0 Å². The Balaban J connectivity index is 1.86. The maximum atomic E-state index is 9.62. The van der Waals surface area contributed by atoms with Crippen LogP contribution >= 0.6 is 23.2 Å². The van der Waals surface area contributed by atoms with Gasteiger partial charge in [0.05, 0.1) is 18.2 Å². The van der Waals surface area contributed by atoms with E-state index in [4.69, 9.17) is 28.5 Å². The van der Waals surface area contributed by atoms with Gasteiger partial charge in [-0.2, -0.15) is 5.26 Å². The van der Waals surface area contributed by atoms with Crippen molar-refractivity contribution in [3.05, 3.63) is 105 Å². The van der Waals surface area contributed by atoms with Crippen LogP contribution in [0.25, 0.3) is 0 Å². The molecular weight excluding hydrogens is 415 g/mol. The summed E-state index contributed by atoms with van der Waals surface area (Å²) in [5.41, 5.74) is 3.92. The zero-order valence-electron chi connectivity index (χ0n) is 16.6. The van der Waals surface area contributed by atoms with Gasteiger partial charge in [0.25, 0.3) is 0 Å². The second kappa shape index (κ2) is 11.2. The highest BCUT2D eigenvalue weighted by molar-refractivity contribution is 6.31. The zero-order chi connectivity index (χ0) is 21.3. The third kappa shape index (κ3) is 6.32. The van der Waals surface area contributed by atoms with Crippen LogP contribution in [0.1, 0.15) is 28.2 Å². The molecule has 0 saturated heterocycles. The molecule has 0 amide bonds. The van der Waals surface area contributed by atoms with E-state index >= 15 is 0 Å². The molecule has 0 bridgehead atoms. The SMILES string of the molecule is N#Cc1ccc(C[C@@H](CN(CCO)Cc2ccccc2)c2ccc(Cl)cc2)c(Cl)c1. The summed E-state index contributed by atoms with van der Waals surface area (Å²) < 4.78 is 0. The molecule has 1 atom stereocenters. The second-order valence-corrected chi connectivity index (χ2v) is 8.16. The molecule has 5 heteroatoms. The summed E-state index contributed by atoms with van der Waals surface area (Å²) in [6, 6.07) is 25.7. The van der Waals surface area contributed by atoms with E-state index in [-0.39, 0.29) is 12.5 Å². The van der Waals surface area contributed by atoms with Crippen molar-refractivity contribution in [2.75, 3.05) is 19.7 Å².